The Balaban J connectivity index is 2.70. The molecule has 0 bridgehead atoms. The molecule has 2 rings (SSSR count). The molecule has 0 aliphatic heterocycles. The minimum atomic E-state index is -1.14. The summed E-state index contributed by atoms with van der Waals surface area (Å²) in [5.74, 6) is 0. The Labute approximate surface area is 99.1 Å². The molecular weight excluding hydrogens is 263 g/mol. The zero-order valence-corrected chi connectivity index (χ0v) is 12.9. The van der Waals surface area contributed by atoms with Gasteiger partial charge in [-0.25, -0.2) is 0 Å². The molecule has 0 N–H and O–H groups in total. The van der Waals surface area contributed by atoms with Crippen LogP contribution in [0.2, 0.25) is 19.6 Å². The second-order valence-electron chi connectivity index (χ2n) is 5.24. The van der Waals surface area contributed by atoms with Crippen LogP contribution in [-0.4, -0.2) is 22.6 Å². The summed E-state index contributed by atoms with van der Waals surface area (Å²) in [5.41, 5.74) is 1.53. The monoisotopic (exact) mass is 282 g/mol. The zero-order chi connectivity index (χ0) is 11.2. The van der Waals surface area contributed by atoms with Gasteiger partial charge in [-0.15, -0.1) is 0 Å². The van der Waals surface area contributed by atoms with Crippen LogP contribution in [0.5, 0.6) is 0 Å². The summed E-state index contributed by atoms with van der Waals surface area (Å²) in [6.07, 6.45) is 0. The summed E-state index contributed by atoms with van der Waals surface area (Å²) in [4.78, 5) is 0. The summed E-state index contributed by atoms with van der Waals surface area (Å²) in [6, 6.07) is 7.18. The van der Waals surface area contributed by atoms with Crippen molar-refractivity contribution in [1.82, 2.24) is 0 Å². The van der Waals surface area contributed by atoms with E-state index in [1.165, 1.54) is 10.9 Å². The van der Waals surface area contributed by atoms with Crippen LogP contribution < -0.4 is 5.19 Å². The number of hydrogen-bond acceptors (Lipinski definition) is 0. The minimum absolute atomic E-state index is 0.595. The number of benzene rings is 1. The van der Waals surface area contributed by atoms with Gasteiger partial charge in [-0.3, -0.25) is 0 Å². The van der Waals surface area contributed by atoms with E-state index in [9.17, 15) is 0 Å². The molecular formula is C13H18SeSi. The van der Waals surface area contributed by atoms with Crippen molar-refractivity contribution in [1.29, 1.82) is 0 Å². The molecule has 80 valence electrons. The molecule has 0 amide bonds. The second-order valence-corrected chi connectivity index (χ2v) is 13.0. The van der Waals surface area contributed by atoms with Crippen LogP contribution in [-0.2, 0) is 0 Å². The average molecular weight is 281 g/mol. The fourth-order valence-corrected chi connectivity index (χ4v) is 5.18. The fourth-order valence-electron chi connectivity index (χ4n) is 1.81. The summed E-state index contributed by atoms with van der Waals surface area (Å²) >= 11 is 0.595. The van der Waals surface area contributed by atoms with Gasteiger partial charge < -0.3 is 0 Å². The average Bonchev–Trinajstić information content (AvgIpc) is 2.41. The number of rotatable bonds is 1. The van der Waals surface area contributed by atoms with Crippen LogP contribution in [0.3, 0.4) is 0 Å². The summed E-state index contributed by atoms with van der Waals surface area (Å²) < 4.78 is 3.18. The first-order valence-corrected chi connectivity index (χ1v) is 10.6. The van der Waals surface area contributed by atoms with E-state index in [0.717, 1.165) is 0 Å². The molecule has 0 nitrogen and oxygen atoms in total. The van der Waals surface area contributed by atoms with Gasteiger partial charge in [0.15, 0.2) is 0 Å². The topological polar surface area (TPSA) is 0 Å². The van der Waals surface area contributed by atoms with Crippen LogP contribution in [0.25, 0.3) is 9.65 Å². The molecule has 0 spiro atoms. The van der Waals surface area contributed by atoms with Crippen LogP contribution in [0, 0.1) is 13.8 Å². The van der Waals surface area contributed by atoms with Crippen molar-refractivity contribution in [3.63, 3.8) is 0 Å². The van der Waals surface area contributed by atoms with Gasteiger partial charge in [0.2, 0.25) is 0 Å². The van der Waals surface area contributed by atoms with E-state index in [1.54, 1.807) is 13.9 Å². The predicted molar refractivity (Wildman–Crippen MR) is 73.3 cm³/mol. The summed E-state index contributed by atoms with van der Waals surface area (Å²) in [7, 11) is -1.14. The Hall–Kier alpha value is -0.304. The van der Waals surface area contributed by atoms with Crippen LogP contribution in [0.15, 0.2) is 18.2 Å². The SMILES string of the molecule is Cc1[se]c2ccc([Si](C)(C)C)cc2c1C. The molecule has 1 aromatic carbocycles. The molecule has 1 heterocycles. The van der Waals surface area contributed by atoms with E-state index in [2.05, 4.69) is 51.7 Å². The maximum atomic E-state index is 2.45. The summed E-state index contributed by atoms with van der Waals surface area (Å²) in [5, 5.41) is 3.12. The van der Waals surface area contributed by atoms with Gasteiger partial charge in [-0.05, 0) is 0 Å². The number of fused-ring (bicyclic) bond motifs is 1. The third-order valence-electron chi connectivity index (χ3n) is 3.04. The molecule has 0 aliphatic rings. The van der Waals surface area contributed by atoms with Crippen LogP contribution in [0.4, 0.5) is 0 Å². The first-order valence-electron chi connectivity index (χ1n) is 5.40. The standard InChI is InChI=1S/C13H18SeSi/c1-9-10(2)14-13-7-6-11(8-12(9)13)15(3,4)5/h6-8H,1-5H3. The van der Waals surface area contributed by atoms with Crippen LogP contribution >= 0.6 is 0 Å². The Bertz CT molecular complexity index is 503. The fraction of sp³-hybridized carbons (Fsp3) is 0.385. The zero-order valence-electron chi connectivity index (χ0n) is 10.1. The van der Waals surface area contributed by atoms with Crippen molar-refractivity contribution >= 4 is 37.4 Å². The van der Waals surface area contributed by atoms with Crippen molar-refractivity contribution < 1.29 is 0 Å². The van der Waals surface area contributed by atoms with Gasteiger partial charge >= 0.3 is 99.1 Å². The molecule has 0 saturated carbocycles. The van der Waals surface area contributed by atoms with Crippen molar-refractivity contribution in [2.75, 3.05) is 0 Å². The quantitative estimate of drug-likeness (QED) is 0.705. The Morgan fingerprint density at radius 2 is 1.73 bits per heavy atom. The van der Waals surface area contributed by atoms with E-state index < -0.39 is 8.07 Å². The first-order chi connectivity index (χ1) is 6.89. The van der Waals surface area contributed by atoms with Crippen molar-refractivity contribution in [2.45, 2.75) is 33.5 Å². The number of hydrogen-bond donors (Lipinski definition) is 0. The Morgan fingerprint density at radius 1 is 1.07 bits per heavy atom. The molecule has 0 fully saturated rings. The molecule has 15 heavy (non-hydrogen) atoms. The van der Waals surface area contributed by atoms with Crippen molar-refractivity contribution in [3.05, 3.63) is 28.2 Å². The first kappa shape index (κ1) is 11.2. The molecule has 0 radical (unpaired) electrons. The van der Waals surface area contributed by atoms with Gasteiger partial charge in [-0.2, -0.15) is 0 Å². The maximum absolute atomic E-state index is 2.45. The van der Waals surface area contributed by atoms with Gasteiger partial charge in [0.05, 0.1) is 0 Å². The molecule has 2 aromatic rings. The van der Waals surface area contributed by atoms with Gasteiger partial charge in [0.1, 0.15) is 0 Å². The Morgan fingerprint density at radius 3 is 2.33 bits per heavy atom. The predicted octanol–water partition coefficient (Wildman–Crippen LogP) is 3.06. The normalized spacial score (nSPS) is 12.3. The third-order valence-corrected chi connectivity index (χ3v) is 7.58. The van der Waals surface area contributed by atoms with E-state index in [4.69, 9.17) is 0 Å². The van der Waals surface area contributed by atoms with Crippen molar-refractivity contribution in [3.8, 4) is 0 Å². The van der Waals surface area contributed by atoms with Crippen molar-refractivity contribution in [2.24, 2.45) is 0 Å². The van der Waals surface area contributed by atoms with Crippen LogP contribution in [0.1, 0.15) is 10.0 Å². The van der Waals surface area contributed by atoms with E-state index in [1.807, 2.05) is 0 Å². The van der Waals surface area contributed by atoms with Gasteiger partial charge in [0, 0.05) is 0 Å². The van der Waals surface area contributed by atoms with Gasteiger partial charge in [-0.1, -0.05) is 0 Å². The van der Waals surface area contributed by atoms with E-state index in [0.29, 0.717) is 14.5 Å². The number of aryl methyl sites for hydroxylation is 2. The molecule has 1 aromatic heterocycles. The molecule has 0 aliphatic carbocycles. The van der Waals surface area contributed by atoms with E-state index >= 15 is 0 Å². The second kappa shape index (κ2) is 3.62. The van der Waals surface area contributed by atoms with Gasteiger partial charge in [0.25, 0.3) is 0 Å². The molecule has 0 saturated heterocycles. The molecule has 0 unspecified atom stereocenters. The molecule has 2 heteroatoms. The molecule has 0 atom stereocenters. The third kappa shape index (κ3) is 1.99. The van der Waals surface area contributed by atoms with E-state index in [-0.39, 0.29) is 0 Å². The summed E-state index contributed by atoms with van der Waals surface area (Å²) in [6.45, 7) is 11.8. The Kier molecular flexibility index (Phi) is 2.70.